The zero-order valence-electron chi connectivity index (χ0n) is 10.7. The van der Waals surface area contributed by atoms with Crippen LogP contribution in [0, 0.1) is 0 Å². The number of hydrogen-bond donors (Lipinski definition) is 1. The van der Waals surface area contributed by atoms with Gasteiger partial charge in [0.1, 0.15) is 0 Å². The lowest BCUT2D eigenvalue weighted by Crippen LogP contribution is -2.32. The Morgan fingerprint density at radius 3 is 2.88 bits per heavy atom. The van der Waals surface area contributed by atoms with Gasteiger partial charge in [-0.05, 0) is 30.2 Å². The van der Waals surface area contributed by atoms with Crippen molar-refractivity contribution in [3.63, 3.8) is 0 Å². The third-order valence-corrected chi connectivity index (χ3v) is 4.75. The van der Waals surface area contributed by atoms with E-state index < -0.39 is 0 Å². The monoisotopic (exact) mass is 250 g/mol. The fraction of sp³-hybridized carbons (Fsp3) is 0.571. The van der Waals surface area contributed by atoms with Gasteiger partial charge in [0.25, 0.3) is 0 Å². The number of nitrogens with zero attached hydrogens (tertiary/aromatic N) is 1. The zero-order chi connectivity index (χ0) is 12.3. The van der Waals surface area contributed by atoms with Crippen LogP contribution in [-0.4, -0.2) is 24.6 Å². The predicted molar refractivity (Wildman–Crippen MR) is 77.8 cm³/mol. The summed E-state index contributed by atoms with van der Waals surface area (Å²) in [5.74, 6) is 2.53. The van der Waals surface area contributed by atoms with Gasteiger partial charge in [-0.15, -0.1) is 0 Å². The lowest BCUT2D eigenvalue weighted by atomic mass is 10.0. The summed E-state index contributed by atoms with van der Waals surface area (Å²) in [6, 6.07) is 9.40. The maximum Gasteiger partial charge on any atom is 0.0414 e. The van der Waals surface area contributed by atoms with E-state index in [1.165, 1.54) is 29.2 Å². The Morgan fingerprint density at radius 1 is 1.47 bits per heavy atom. The van der Waals surface area contributed by atoms with E-state index >= 15 is 0 Å². The molecule has 2 unspecified atom stereocenters. The number of hydrogen-bond acceptors (Lipinski definition) is 3. The molecule has 94 valence electrons. The maximum atomic E-state index is 6.20. The van der Waals surface area contributed by atoms with Crippen LogP contribution in [0.2, 0.25) is 0 Å². The van der Waals surface area contributed by atoms with Crippen molar-refractivity contribution >= 4 is 17.4 Å². The van der Waals surface area contributed by atoms with Crippen molar-refractivity contribution in [2.75, 3.05) is 23.5 Å². The zero-order valence-corrected chi connectivity index (χ0v) is 11.5. The molecule has 0 spiro atoms. The van der Waals surface area contributed by atoms with E-state index in [1.54, 1.807) is 0 Å². The van der Waals surface area contributed by atoms with Crippen LogP contribution >= 0.6 is 11.8 Å². The summed E-state index contributed by atoms with van der Waals surface area (Å²) in [7, 11) is 2.21. The average molecular weight is 250 g/mol. The van der Waals surface area contributed by atoms with Gasteiger partial charge >= 0.3 is 0 Å². The van der Waals surface area contributed by atoms with Crippen molar-refractivity contribution in [2.24, 2.45) is 5.73 Å². The van der Waals surface area contributed by atoms with E-state index in [2.05, 4.69) is 54.9 Å². The second-order valence-electron chi connectivity index (χ2n) is 4.70. The third-order valence-electron chi connectivity index (χ3n) is 3.61. The number of anilines is 1. The minimum atomic E-state index is 0.155. The fourth-order valence-corrected chi connectivity index (χ4v) is 3.63. The summed E-state index contributed by atoms with van der Waals surface area (Å²) < 4.78 is 0. The van der Waals surface area contributed by atoms with Crippen LogP contribution in [0.4, 0.5) is 5.69 Å². The molecule has 1 aromatic carbocycles. The highest BCUT2D eigenvalue weighted by Gasteiger charge is 2.22. The molecule has 0 bridgehead atoms. The van der Waals surface area contributed by atoms with E-state index in [-0.39, 0.29) is 6.04 Å². The second kappa shape index (κ2) is 5.78. The Hall–Kier alpha value is -0.670. The van der Waals surface area contributed by atoms with Gasteiger partial charge in [0.05, 0.1) is 0 Å². The van der Waals surface area contributed by atoms with Crippen molar-refractivity contribution in [3.8, 4) is 0 Å². The first-order valence-electron chi connectivity index (χ1n) is 6.39. The molecule has 2 nitrogen and oxygen atoms in total. The smallest absolute Gasteiger partial charge is 0.0414 e. The molecule has 1 aliphatic heterocycles. The first-order valence-corrected chi connectivity index (χ1v) is 7.54. The number of para-hydroxylation sites is 1. The molecule has 1 saturated heterocycles. The fourth-order valence-electron chi connectivity index (χ4n) is 2.37. The molecular weight excluding hydrogens is 228 g/mol. The molecular formula is C14H22N2S. The lowest BCUT2D eigenvalue weighted by molar-refractivity contribution is 0.667. The molecule has 2 N–H and O–H groups in total. The normalized spacial score (nSPS) is 21.5. The maximum absolute atomic E-state index is 6.20. The summed E-state index contributed by atoms with van der Waals surface area (Å²) in [6.07, 6.45) is 2.28. The van der Waals surface area contributed by atoms with Crippen LogP contribution in [0.25, 0.3) is 0 Å². The van der Waals surface area contributed by atoms with E-state index in [1.807, 2.05) is 0 Å². The minimum absolute atomic E-state index is 0.155. The Labute approximate surface area is 109 Å². The quantitative estimate of drug-likeness (QED) is 0.890. The molecule has 1 heterocycles. The van der Waals surface area contributed by atoms with Crippen LogP contribution in [0.1, 0.15) is 31.4 Å². The highest BCUT2D eigenvalue weighted by molar-refractivity contribution is 7.99. The van der Waals surface area contributed by atoms with Crippen LogP contribution < -0.4 is 10.6 Å². The first-order chi connectivity index (χ1) is 8.24. The van der Waals surface area contributed by atoms with Crippen molar-refractivity contribution in [1.82, 2.24) is 0 Å². The van der Waals surface area contributed by atoms with Crippen LogP contribution in [0.5, 0.6) is 0 Å². The summed E-state index contributed by atoms with van der Waals surface area (Å²) in [5, 5.41) is 0. The lowest BCUT2D eigenvalue weighted by Gasteiger charge is -2.29. The van der Waals surface area contributed by atoms with Gasteiger partial charge in [-0.3, -0.25) is 0 Å². The highest BCUT2D eigenvalue weighted by Crippen LogP contribution is 2.31. The first kappa shape index (κ1) is 12.8. The Kier molecular flexibility index (Phi) is 4.35. The Bertz CT molecular complexity index is 361. The molecule has 0 radical (unpaired) electrons. The molecule has 1 aromatic rings. The van der Waals surface area contributed by atoms with Gasteiger partial charge in [-0.25, -0.2) is 0 Å². The largest absolute Gasteiger partial charge is 0.370 e. The number of benzene rings is 1. The molecule has 0 amide bonds. The van der Waals surface area contributed by atoms with E-state index in [0.29, 0.717) is 6.04 Å². The molecule has 1 aliphatic rings. The topological polar surface area (TPSA) is 29.3 Å². The van der Waals surface area contributed by atoms with Gasteiger partial charge in [0, 0.05) is 30.6 Å². The molecule has 0 aliphatic carbocycles. The van der Waals surface area contributed by atoms with Crippen LogP contribution in [0.15, 0.2) is 24.3 Å². The van der Waals surface area contributed by atoms with Crippen molar-refractivity contribution < 1.29 is 0 Å². The van der Waals surface area contributed by atoms with E-state index in [9.17, 15) is 0 Å². The van der Waals surface area contributed by atoms with Gasteiger partial charge in [0.15, 0.2) is 0 Å². The average Bonchev–Trinajstić information content (AvgIpc) is 2.91. The second-order valence-corrected chi connectivity index (χ2v) is 5.85. The van der Waals surface area contributed by atoms with Gasteiger partial charge in [0.2, 0.25) is 0 Å². The van der Waals surface area contributed by atoms with Crippen LogP contribution in [0.3, 0.4) is 0 Å². The SMILES string of the molecule is CCC(N)c1ccccc1N(C)C1CCSC1. The summed E-state index contributed by atoms with van der Waals surface area (Å²) in [4.78, 5) is 2.42. The molecule has 2 atom stereocenters. The van der Waals surface area contributed by atoms with Crippen molar-refractivity contribution in [3.05, 3.63) is 29.8 Å². The molecule has 17 heavy (non-hydrogen) atoms. The predicted octanol–water partition coefficient (Wildman–Crippen LogP) is 3.04. The van der Waals surface area contributed by atoms with Gasteiger partial charge in [-0.1, -0.05) is 25.1 Å². The van der Waals surface area contributed by atoms with Crippen molar-refractivity contribution in [2.45, 2.75) is 31.8 Å². The number of nitrogens with two attached hydrogens (primary N) is 1. The Morgan fingerprint density at radius 2 is 2.24 bits per heavy atom. The van der Waals surface area contributed by atoms with Crippen LogP contribution in [-0.2, 0) is 0 Å². The van der Waals surface area contributed by atoms with Gasteiger partial charge in [-0.2, -0.15) is 11.8 Å². The third kappa shape index (κ3) is 2.78. The highest BCUT2D eigenvalue weighted by atomic mass is 32.2. The van der Waals surface area contributed by atoms with E-state index in [4.69, 9.17) is 5.73 Å². The number of thioether (sulfide) groups is 1. The van der Waals surface area contributed by atoms with Crippen molar-refractivity contribution in [1.29, 1.82) is 0 Å². The Balaban J connectivity index is 2.24. The van der Waals surface area contributed by atoms with E-state index in [0.717, 1.165) is 6.42 Å². The molecule has 3 heteroatoms. The van der Waals surface area contributed by atoms with Gasteiger partial charge < -0.3 is 10.6 Å². The standard InChI is InChI=1S/C14H22N2S/c1-3-13(15)12-6-4-5-7-14(12)16(2)11-8-9-17-10-11/h4-7,11,13H,3,8-10,15H2,1-2H3. The minimum Gasteiger partial charge on any atom is -0.370 e. The summed E-state index contributed by atoms with van der Waals surface area (Å²) in [5.41, 5.74) is 8.80. The number of rotatable bonds is 4. The summed E-state index contributed by atoms with van der Waals surface area (Å²) in [6.45, 7) is 2.15. The summed E-state index contributed by atoms with van der Waals surface area (Å²) >= 11 is 2.05. The molecule has 1 fully saturated rings. The molecule has 0 aromatic heterocycles. The molecule has 2 rings (SSSR count). The molecule has 0 saturated carbocycles.